The average molecular weight is 400 g/mol. The van der Waals surface area contributed by atoms with Crippen LogP contribution in [0.5, 0.6) is 0 Å². The van der Waals surface area contributed by atoms with Gasteiger partial charge in [-0.2, -0.15) is 0 Å². The second kappa shape index (κ2) is 6.44. The molecule has 0 bridgehead atoms. The molecule has 3 heterocycles. The van der Waals surface area contributed by atoms with Crippen LogP contribution in [0.3, 0.4) is 0 Å². The highest BCUT2D eigenvalue weighted by atomic mass is 35.5. The van der Waals surface area contributed by atoms with E-state index in [0.29, 0.717) is 24.5 Å². The molecular formula is C20H19ClFN5O. The molecule has 28 heavy (non-hydrogen) atoms. The van der Waals surface area contributed by atoms with Gasteiger partial charge in [0.15, 0.2) is 0 Å². The van der Waals surface area contributed by atoms with Crippen molar-refractivity contribution in [3.8, 4) is 0 Å². The van der Waals surface area contributed by atoms with Crippen LogP contribution in [0, 0.1) is 5.82 Å². The first kappa shape index (κ1) is 17.4. The van der Waals surface area contributed by atoms with Crippen LogP contribution < -0.4 is 4.90 Å². The highest BCUT2D eigenvalue weighted by molar-refractivity contribution is 6.36. The van der Waals surface area contributed by atoms with Gasteiger partial charge in [0, 0.05) is 25.8 Å². The third kappa shape index (κ3) is 2.90. The van der Waals surface area contributed by atoms with E-state index in [1.807, 2.05) is 4.90 Å². The SMILES string of the molecule is O=C(Cc1ccc(F)cc1)N1CCN(c2ncnc3[nH]cc(Cl)c23)CC12CC2. The molecule has 1 aromatic carbocycles. The van der Waals surface area contributed by atoms with Crippen molar-refractivity contribution in [3.63, 3.8) is 0 Å². The normalized spacial score (nSPS) is 18.1. The second-order valence-corrected chi connectivity index (χ2v) is 7.96. The Morgan fingerprint density at radius 3 is 2.75 bits per heavy atom. The average Bonchev–Trinajstić information content (AvgIpc) is 3.35. The van der Waals surface area contributed by atoms with Crippen molar-refractivity contribution in [3.05, 3.63) is 53.2 Å². The van der Waals surface area contributed by atoms with Crippen molar-refractivity contribution in [2.45, 2.75) is 24.8 Å². The molecule has 6 nitrogen and oxygen atoms in total. The van der Waals surface area contributed by atoms with Crippen molar-refractivity contribution in [2.75, 3.05) is 24.5 Å². The van der Waals surface area contributed by atoms with Crippen LogP contribution in [0.2, 0.25) is 5.02 Å². The van der Waals surface area contributed by atoms with Crippen molar-refractivity contribution in [1.82, 2.24) is 19.9 Å². The number of carbonyl (C=O) groups is 1. The minimum atomic E-state index is -0.289. The summed E-state index contributed by atoms with van der Waals surface area (Å²) in [4.78, 5) is 28.9. The van der Waals surface area contributed by atoms with Gasteiger partial charge in [-0.15, -0.1) is 0 Å². The summed E-state index contributed by atoms with van der Waals surface area (Å²) in [7, 11) is 0. The number of benzene rings is 1. The number of nitrogens with one attached hydrogen (secondary N) is 1. The Balaban J connectivity index is 1.36. The van der Waals surface area contributed by atoms with Gasteiger partial charge >= 0.3 is 0 Å². The number of H-pyrrole nitrogens is 1. The summed E-state index contributed by atoms with van der Waals surface area (Å²) in [5.74, 6) is 0.618. The zero-order chi connectivity index (χ0) is 19.3. The van der Waals surface area contributed by atoms with Gasteiger partial charge in [0.1, 0.15) is 23.6 Å². The molecule has 1 amide bonds. The predicted molar refractivity (Wildman–Crippen MR) is 105 cm³/mol. The summed E-state index contributed by atoms with van der Waals surface area (Å²) < 4.78 is 13.1. The number of piperazine rings is 1. The fourth-order valence-corrected chi connectivity index (χ4v) is 4.37. The lowest BCUT2D eigenvalue weighted by Crippen LogP contribution is -2.57. The quantitative estimate of drug-likeness (QED) is 0.734. The number of rotatable bonds is 3. The van der Waals surface area contributed by atoms with E-state index in [2.05, 4.69) is 19.9 Å². The number of aromatic amines is 1. The van der Waals surface area contributed by atoms with Crippen molar-refractivity contribution < 1.29 is 9.18 Å². The number of amides is 1. The lowest BCUT2D eigenvalue weighted by molar-refractivity contribution is -0.134. The van der Waals surface area contributed by atoms with Gasteiger partial charge in [-0.3, -0.25) is 4.79 Å². The highest BCUT2D eigenvalue weighted by Crippen LogP contribution is 2.46. The van der Waals surface area contributed by atoms with Crippen molar-refractivity contribution >= 4 is 34.4 Å². The summed E-state index contributed by atoms with van der Waals surface area (Å²) in [6.45, 7) is 2.05. The number of fused-ring (bicyclic) bond motifs is 1. The summed E-state index contributed by atoms with van der Waals surface area (Å²) >= 11 is 6.34. The molecule has 1 saturated carbocycles. The van der Waals surface area contributed by atoms with Crippen molar-refractivity contribution in [1.29, 1.82) is 0 Å². The van der Waals surface area contributed by atoms with E-state index in [9.17, 15) is 9.18 Å². The molecule has 8 heteroatoms. The standard InChI is InChI=1S/C20H19ClFN5O/c21-15-10-23-18-17(15)19(25-12-24-18)26-7-8-27(20(11-26)5-6-20)16(28)9-13-1-3-14(22)4-2-13/h1-4,10,12H,5-9,11H2,(H,23,24,25). The Morgan fingerprint density at radius 2 is 2.00 bits per heavy atom. The van der Waals surface area contributed by atoms with Crippen LogP contribution in [-0.2, 0) is 11.2 Å². The van der Waals surface area contributed by atoms with Gasteiger partial charge in [-0.05, 0) is 30.5 Å². The Bertz CT molecular complexity index is 1050. The van der Waals surface area contributed by atoms with Crippen LogP contribution in [0.1, 0.15) is 18.4 Å². The second-order valence-electron chi connectivity index (χ2n) is 7.55. The fraction of sp³-hybridized carbons (Fsp3) is 0.350. The Kier molecular flexibility index (Phi) is 4.01. The van der Waals surface area contributed by atoms with E-state index >= 15 is 0 Å². The van der Waals surface area contributed by atoms with Gasteiger partial charge in [0.25, 0.3) is 0 Å². The van der Waals surface area contributed by atoms with E-state index in [-0.39, 0.29) is 17.3 Å². The van der Waals surface area contributed by atoms with Crippen molar-refractivity contribution in [2.24, 2.45) is 0 Å². The number of carbonyl (C=O) groups excluding carboxylic acids is 1. The Labute approximate surface area is 166 Å². The molecule has 5 rings (SSSR count). The maximum atomic E-state index is 13.1. The summed E-state index contributed by atoms with van der Waals surface area (Å²) in [6.07, 6.45) is 5.51. The van der Waals surface area contributed by atoms with E-state index in [0.717, 1.165) is 41.8 Å². The largest absolute Gasteiger partial charge is 0.352 e. The molecular weight excluding hydrogens is 381 g/mol. The Hall–Kier alpha value is -2.67. The van der Waals surface area contributed by atoms with Crippen LogP contribution in [0.4, 0.5) is 10.2 Å². The van der Waals surface area contributed by atoms with E-state index in [1.165, 1.54) is 18.5 Å². The molecule has 1 N–H and O–H groups in total. The minimum Gasteiger partial charge on any atom is -0.352 e. The number of nitrogens with zero attached hydrogens (tertiary/aromatic N) is 4. The molecule has 1 spiro atoms. The van der Waals surface area contributed by atoms with Gasteiger partial charge in [-0.25, -0.2) is 14.4 Å². The maximum Gasteiger partial charge on any atom is 0.227 e. The van der Waals surface area contributed by atoms with Crippen LogP contribution >= 0.6 is 11.6 Å². The third-order valence-corrected chi connectivity index (χ3v) is 6.05. The summed E-state index contributed by atoms with van der Waals surface area (Å²) in [5.41, 5.74) is 1.41. The zero-order valence-electron chi connectivity index (χ0n) is 15.2. The molecule has 0 atom stereocenters. The number of aromatic nitrogens is 3. The number of anilines is 1. The first-order chi connectivity index (χ1) is 13.6. The molecule has 1 saturated heterocycles. The summed E-state index contributed by atoms with van der Waals surface area (Å²) in [5, 5.41) is 1.43. The third-order valence-electron chi connectivity index (χ3n) is 5.75. The smallest absolute Gasteiger partial charge is 0.227 e. The first-order valence-electron chi connectivity index (χ1n) is 9.33. The van der Waals surface area contributed by atoms with E-state index in [1.54, 1.807) is 18.3 Å². The molecule has 0 unspecified atom stereocenters. The Morgan fingerprint density at radius 1 is 1.21 bits per heavy atom. The topological polar surface area (TPSA) is 65.1 Å². The minimum absolute atomic E-state index is 0.0938. The summed E-state index contributed by atoms with van der Waals surface area (Å²) in [6, 6.07) is 6.14. The lowest BCUT2D eigenvalue weighted by atomic mass is 10.1. The van der Waals surface area contributed by atoms with Gasteiger partial charge < -0.3 is 14.8 Å². The van der Waals surface area contributed by atoms with Crippen LogP contribution in [0.15, 0.2) is 36.8 Å². The molecule has 1 aliphatic heterocycles. The van der Waals surface area contributed by atoms with Gasteiger partial charge in [-0.1, -0.05) is 23.7 Å². The molecule has 2 aliphatic rings. The van der Waals surface area contributed by atoms with Crippen LogP contribution in [-0.4, -0.2) is 50.9 Å². The number of hydrogen-bond donors (Lipinski definition) is 1. The molecule has 2 aromatic heterocycles. The molecule has 2 fully saturated rings. The molecule has 144 valence electrons. The van der Waals surface area contributed by atoms with Crippen LogP contribution in [0.25, 0.3) is 11.0 Å². The number of hydrogen-bond acceptors (Lipinski definition) is 4. The fourth-order valence-electron chi connectivity index (χ4n) is 4.14. The first-order valence-corrected chi connectivity index (χ1v) is 9.71. The molecule has 0 radical (unpaired) electrons. The van der Waals surface area contributed by atoms with Gasteiger partial charge in [0.05, 0.1) is 22.4 Å². The lowest BCUT2D eigenvalue weighted by Gasteiger charge is -2.43. The molecule has 3 aromatic rings. The van der Waals surface area contributed by atoms with E-state index < -0.39 is 0 Å². The molecule has 1 aliphatic carbocycles. The van der Waals surface area contributed by atoms with Gasteiger partial charge in [0.2, 0.25) is 5.91 Å². The zero-order valence-corrected chi connectivity index (χ0v) is 15.9. The maximum absolute atomic E-state index is 13.1. The predicted octanol–water partition coefficient (Wildman–Crippen LogP) is 3.17. The van der Waals surface area contributed by atoms with E-state index in [4.69, 9.17) is 11.6 Å². The number of halogens is 2. The highest BCUT2D eigenvalue weighted by Gasteiger charge is 2.53. The monoisotopic (exact) mass is 399 g/mol.